The van der Waals surface area contributed by atoms with Crippen LogP contribution in [0.2, 0.25) is 0 Å². The molecule has 2 amide bonds. The number of rotatable bonds is 5. The van der Waals surface area contributed by atoms with E-state index in [1.165, 1.54) is 32.0 Å². The minimum absolute atomic E-state index is 0.0549. The van der Waals surface area contributed by atoms with Crippen LogP contribution in [-0.4, -0.2) is 95.9 Å². The second-order valence-corrected chi connectivity index (χ2v) is 11.1. The number of likely N-dealkylation sites (N-methyl/N-ethyl adjacent to an activating group) is 1. The van der Waals surface area contributed by atoms with E-state index < -0.39 is 82.1 Å². The number of carbonyl (C=O) groups is 6. The van der Waals surface area contributed by atoms with E-state index in [0.717, 1.165) is 0 Å². The van der Waals surface area contributed by atoms with Gasteiger partial charge in [0.2, 0.25) is 11.8 Å². The van der Waals surface area contributed by atoms with E-state index in [1.807, 2.05) is 0 Å². The van der Waals surface area contributed by atoms with Crippen LogP contribution < -0.4 is 21.7 Å². The Kier molecular flexibility index (Phi) is 6.90. The molecule has 7 N–H and O–H groups in total. The summed E-state index contributed by atoms with van der Waals surface area (Å²) in [6, 6.07) is -0.599. The van der Waals surface area contributed by atoms with Crippen LogP contribution in [0.3, 0.4) is 0 Å². The van der Waals surface area contributed by atoms with Gasteiger partial charge in [-0.05, 0) is 51.4 Å². The van der Waals surface area contributed by atoms with E-state index in [1.54, 1.807) is 19.0 Å². The van der Waals surface area contributed by atoms with Gasteiger partial charge in [0.05, 0.1) is 29.3 Å². The number of amides is 2. The van der Waals surface area contributed by atoms with Gasteiger partial charge in [0.1, 0.15) is 5.75 Å². The van der Waals surface area contributed by atoms with Gasteiger partial charge in [-0.15, -0.1) is 0 Å². The fourth-order valence-electron chi connectivity index (χ4n) is 6.39. The number of primary amides is 1. The lowest BCUT2D eigenvalue weighted by molar-refractivity contribution is -0.181. The molecule has 1 aromatic rings. The Bertz CT molecular complexity index is 1320. The molecule has 13 nitrogen and oxygen atoms in total. The molecule has 0 saturated heterocycles. The predicted molar refractivity (Wildman–Crippen MR) is 138 cm³/mol. The average Bonchev–Trinajstić information content (AvgIpc) is 2.82. The molecule has 0 aromatic heterocycles. The molecule has 13 heteroatoms. The van der Waals surface area contributed by atoms with Gasteiger partial charge in [-0.25, -0.2) is 0 Å². The van der Waals surface area contributed by atoms with Gasteiger partial charge < -0.3 is 31.9 Å². The number of anilines is 2. The summed E-state index contributed by atoms with van der Waals surface area (Å²) in [6.45, 7) is 1.44. The van der Waals surface area contributed by atoms with Crippen molar-refractivity contribution in [2.24, 2.45) is 35.1 Å². The minimum atomic E-state index is -2.81. The van der Waals surface area contributed by atoms with E-state index in [-0.39, 0.29) is 24.1 Å². The van der Waals surface area contributed by atoms with E-state index in [0.29, 0.717) is 11.3 Å². The fourth-order valence-corrected chi connectivity index (χ4v) is 6.39. The summed E-state index contributed by atoms with van der Waals surface area (Å²) in [5.41, 5.74) is 8.77. The van der Waals surface area contributed by atoms with Gasteiger partial charge in [-0.1, -0.05) is 0 Å². The van der Waals surface area contributed by atoms with Gasteiger partial charge in [0.15, 0.2) is 34.7 Å². The summed E-state index contributed by atoms with van der Waals surface area (Å²) in [4.78, 5) is 81.8. The molecule has 0 spiro atoms. The van der Waals surface area contributed by atoms with Crippen molar-refractivity contribution in [3.8, 4) is 5.75 Å². The fraction of sp³-hybridized carbons (Fsp3) is 0.538. The quantitative estimate of drug-likeness (QED) is 0.207. The SMILES string of the molecule is CC(N)C(=O)Nc1cc(N(C)C)c2c(c1O)C(=O)C1C(=O)C3(O)C(=O)C(C(N)=O)C(=O)C(N(C)C)C3CC1C2. The first kappa shape index (κ1) is 28.3. The number of hydrogen-bond donors (Lipinski definition) is 5. The molecule has 39 heavy (non-hydrogen) atoms. The van der Waals surface area contributed by atoms with Crippen LogP contribution in [0.5, 0.6) is 5.75 Å². The number of hydrogen-bond acceptors (Lipinski definition) is 11. The van der Waals surface area contributed by atoms with Crippen molar-refractivity contribution in [3.63, 3.8) is 0 Å². The number of nitrogens with one attached hydrogen (secondary N) is 1. The number of fused-ring (bicyclic) bond motifs is 3. The zero-order valence-electron chi connectivity index (χ0n) is 22.3. The molecule has 210 valence electrons. The van der Waals surface area contributed by atoms with Crippen molar-refractivity contribution >= 4 is 46.3 Å². The Morgan fingerprint density at radius 2 is 1.74 bits per heavy atom. The maximum Gasteiger partial charge on any atom is 0.241 e. The summed E-state index contributed by atoms with van der Waals surface area (Å²) < 4.78 is 0. The van der Waals surface area contributed by atoms with Gasteiger partial charge in [0, 0.05) is 25.7 Å². The van der Waals surface area contributed by atoms with Crippen molar-refractivity contribution in [3.05, 3.63) is 17.2 Å². The first-order valence-electron chi connectivity index (χ1n) is 12.5. The third kappa shape index (κ3) is 4.03. The molecule has 3 aliphatic carbocycles. The van der Waals surface area contributed by atoms with Gasteiger partial charge in [-0.2, -0.15) is 0 Å². The van der Waals surface area contributed by atoms with Crippen LogP contribution in [0.25, 0.3) is 0 Å². The molecule has 4 rings (SSSR count). The molecule has 7 atom stereocenters. The highest BCUT2D eigenvalue weighted by Crippen LogP contribution is 2.52. The van der Waals surface area contributed by atoms with Crippen LogP contribution in [0.4, 0.5) is 11.4 Å². The number of nitrogens with two attached hydrogens (primary N) is 2. The summed E-state index contributed by atoms with van der Waals surface area (Å²) >= 11 is 0. The van der Waals surface area contributed by atoms with Crippen molar-refractivity contribution in [1.29, 1.82) is 0 Å². The van der Waals surface area contributed by atoms with Crippen LogP contribution in [0.1, 0.15) is 29.3 Å². The second kappa shape index (κ2) is 9.50. The first-order chi connectivity index (χ1) is 18.0. The Hall–Kier alpha value is -3.68. The van der Waals surface area contributed by atoms with Crippen LogP contribution in [0.15, 0.2) is 6.07 Å². The van der Waals surface area contributed by atoms with Gasteiger partial charge >= 0.3 is 0 Å². The minimum Gasteiger partial charge on any atom is -0.505 e. The summed E-state index contributed by atoms with van der Waals surface area (Å²) in [5.74, 6) is -12.1. The molecule has 3 aliphatic rings. The van der Waals surface area contributed by atoms with Crippen molar-refractivity contribution in [1.82, 2.24) is 4.90 Å². The molecule has 7 unspecified atom stereocenters. The van der Waals surface area contributed by atoms with Crippen LogP contribution >= 0.6 is 0 Å². The number of ketones is 4. The summed E-state index contributed by atoms with van der Waals surface area (Å²) in [7, 11) is 6.45. The summed E-state index contributed by atoms with van der Waals surface area (Å²) in [6.07, 6.45) is 0.0507. The maximum absolute atomic E-state index is 13.9. The van der Waals surface area contributed by atoms with Gasteiger partial charge in [-0.3, -0.25) is 33.7 Å². The molecule has 0 aliphatic heterocycles. The van der Waals surface area contributed by atoms with Crippen molar-refractivity contribution < 1.29 is 39.0 Å². The Labute approximate surface area is 224 Å². The number of nitrogens with zero attached hydrogens (tertiary/aromatic N) is 2. The monoisotopic (exact) mass is 543 g/mol. The molecule has 0 radical (unpaired) electrons. The lowest BCUT2D eigenvalue weighted by Gasteiger charge is -2.52. The average molecular weight is 544 g/mol. The van der Waals surface area contributed by atoms with E-state index in [2.05, 4.69) is 5.32 Å². The second-order valence-electron chi connectivity index (χ2n) is 11.1. The number of Topliss-reactive ketones (excluding diaryl/α,β-unsaturated/α-hetero) is 4. The topological polar surface area (TPSA) is 213 Å². The van der Waals surface area contributed by atoms with E-state index >= 15 is 0 Å². The number of phenolic OH excluding ortho intramolecular Hbond substituents is 1. The molecule has 0 bridgehead atoms. The first-order valence-corrected chi connectivity index (χ1v) is 12.5. The number of carbonyl (C=O) groups excluding carboxylic acids is 6. The highest BCUT2D eigenvalue weighted by Gasteiger charge is 2.69. The van der Waals surface area contributed by atoms with E-state index in [9.17, 15) is 39.0 Å². The number of benzene rings is 1. The molecule has 2 fully saturated rings. The zero-order valence-corrected chi connectivity index (χ0v) is 22.3. The van der Waals surface area contributed by atoms with Crippen LogP contribution in [0, 0.1) is 23.7 Å². The third-order valence-corrected chi connectivity index (χ3v) is 8.19. The van der Waals surface area contributed by atoms with Crippen molar-refractivity contribution in [2.75, 3.05) is 38.4 Å². The molecule has 0 heterocycles. The highest BCUT2D eigenvalue weighted by molar-refractivity contribution is 6.32. The Morgan fingerprint density at radius 1 is 1.13 bits per heavy atom. The van der Waals surface area contributed by atoms with Crippen LogP contribution in [-0.2, 0) is 30.4 Å². The Morgan fingerprint density at radius 3 is 2.26 bits per heavy atom. The highest BCUT2D eigenvalue weighted by atomic mass is 16.3. The largest absolute Gasteiger partial charge is 0.505 e. The van der Waals surface area contributed by atoms with Gasteiger partial charge in [0.25, 0.3) is 0 Å². The maximum atomic E-state index is 13.9. The Balaban J connectivity index is 1.89. The molecular weight excluding hydrogens is 510 g/mol. The molecular formula is C26H33N5O8. The third-order valence-electron chi connectivity index (χ3n) is 8.19. The predicted octanol–water partition coefficient (Wildman–Crippen LogP) is -1.78. The lowest BCUT2D eigenvalue weighted by atomic mass is 9.52. The number of aromatic hydroxyl groups is 1. The number of aliphatic hydroxyl groups is 1. The van der Waals surface area contributed by atoms with E-state index in [4.69, 9.17) is 11.5 Å². The number of phenols is 1. The lowest BCUT2D eigenvalue weighted by Crippen LogP contribution is -2.74. The zero-order chi connectivity index (χ0) is 29.3. The molecule has 1 aromatic carbocycles. The smallest absolute Gasteiger partial charge is 0.241 e. The summed E-state index contributed by atoms with van der Waals surface area (Å²) in [5, 5.41) is 25.2. The van der Waals surface area contributed by atoms with Crippen molar-refractivity contribution in [2.45, 2.75) is 37.5 Å². The standard InChI is InChI=1S/C26H33N5O8/c1-9(27)25(38)29-13-8-14(30(2)3)11-6-10-7-12-18(31(4)5)21(34)17(24(28)37)23(36)26(12,39)22(35)15(10)20(33)16(11)19(13)32/h8-10,12,15,17-18,32,39H,6-7,27H2,1-5H3,(H2,28,37)(H,29,38). The normalized spacial score (nSPS) is 30.8. The molecule has 2 saturated carbocycles.